The molecule has 2 heteroatoms. The summed E-state index contributed by atoms with van der Waals surface area (Å²) in [6, 6.07) is 0.604. The first-order valence-electron chi connectivity index (χ1n) is 5.33. The Kier molecular flexibility index (Phi) is 3.74. The Labute approximate surface area is 82.0 Å². The van der Waals surface area contributed by atoms with Crippen molar-refractivity contribution in [2.24, 2.45) is 11.3 Å². The van der Waals surface area contributed by atoms with E-state index in [1.807, 2.05) is 0 Å². The van der Waals surface area contributed by atoms with Gasteiger partial charge in [0.25, 0.3) is 0 Å². The summed E-state index contributed by atoms with van der Waals surface area (Å²) in [5, 5.41) is 3.53. The van der Waals surface area contributed by atoms with Gasteiger partial charge in [-0.25, -0.2) is 0 Å². The van der Waals surface area contributed by atoms with Crippen LogP contribution in [0.2, 0.25) is 0 Å². The van der Waals surface area contributed by atoms with Gasteiger partial charge in [0.05, 0.1) is 0 Å². The second-order valence-corrected chi connectivity index (χ2v) is 4.75. The van der Waals surface area contributed by atoms with Gasteiger partial charge >= 0.3 is 0 Å². The van der Waals surface area contributed by atoms with Crippen molar-refractivity contribution in [3.63, 3.8) is 0 Å². The average molecular weight is 185 g/mol. The van der Waals surface area contributed by atoms with Crippen LogP contribution in [0.3, 0.4) is 0 Å². The van der Waals surface area contributed by atoms with Gasteiger partial charge in [-0.2, -0.15) is 0 Å². The summed E-state index contributed by atoms with van der Waals surface area (Å²) in [4.78, 5) is 0. The van der Waals surface area contributed by atoms with Crippen molar-refractivity contribution in [2.75, 3.05) is 20.3 Å². The Morgan fingerprint density at radius 1 is 1.31 bits per heavy atom. The first-order valence-corrected chi connectivity index (χ1v) is 5.33. The van der Waals surface area contributed by atoms with E-state index in [0.717, 1.165) is 13.2 Å². The van der Waals surface area contributed by atoms with Crippen molar-refractivity contribution in [2.45, 2.75) is 39.7 Å². The zero-order valence-electron chi connectivity index (χ0n) is 9.39. The van der Waals surface area contributed by atoms with Crippen LogP contribution in [-0.2, 0) is 4.74 Å². The first kappa shape index (κ1) is 11.0. The summed E-state index contributed by atoms with van der Waals surface area (Å²) in [7, 11) is 1.79. The summed E-state index contributed by atoms with van der Waals surface area (Å²) in [5.41, 5.74) is 0.556. The highest BCUT2D eigenvalue weighted by Crippen LogP contribution is 2.51. The lowest BCUT2D eigenvalue weighted by Gasteiger charge is -2.24. The number of methoxy groups -OCH3 is 1. The van der Waals surface area contributed by atoms with Gasteiger partial charge in [-0.3, -0.25) is 0 Å². The molecule has 1 N–H and O–H groups in total. The molecule has 2 nitrogen and oxygen atoms in total. The molecule has 0 aromatic carbocycles. The zero-order valence-corrected chi connectivity index (χ0v) is 9.39. The molecule has 0 aliphatic heterocycles. The quantitative estimate of drug-likeness (QED) is 0.684. The number of hydrogen-bond donors (Lipinski definition) is 1. The Morgan fingerprint density at radius 3 is 2.31 bits per heavy atom. The standard InChI is InChI=1S/C11H23NO/c1-9(2)12-8-11(5-6-11)10(3)7-13-4/h9-10,12H,5-8H2,1-4H3. The van der Waals surface area contributed by atoms with Crippen LogP contribution in [0.1, 0.15) is 33.6 Å². The van der Waals surface area contributed by atoms with E-state index in [2.05, 4.69) is 26.1 Å². The minimum Gasteiger partial charge on any atom is -0.384 e. The van der Waals surface area contributed by atoms with Gasteiger partial charge in [-0.05, 0) is 24.2 Å². The fourth-order valence-corrected chi connectivity index (χ4v) is 1.84. The lowest BCUT2D eigenvalue weighted by Crippen LogP contribution is -2.34. The van der Waals surface area contributed by atoms with Crippen molar-refractivity contribution in [1.29, 1.82) is 0 Å². The Hall–Kier alpha value is -0.0800. The monoisotopic (exact) mass is 185 g/mol. The number of hydrogen-bond acceptors (Lipinski definition) is 2. The summed E-state index contributed by atoms with van der Waals surface area (Å²) < 4.78 is 5.21. The first-order chi connectivity index (χ1) is 6.10. The molecule has 0 aromatic heterocycles. The average Bonchev–Trinajstić information content (AvgIpc) is 2.82. The third-order valence-electron chi connectivity index (χ3n) is 3.22. The molecule has 78 valence electrons. The van der Waals surface area contributed by atoms with Gasteiger partial charge in [-0.15, -0.1) is 0 Å². The SMILES string of the molecule is COCC(C)C1(CNC(C)C)CC1. The molecule has 0 aromatic rings. The molecule has 0 radical (unpaired) electrons. The molecule has 1 atom stereocenters. The van der Waals surface area contributed by atoms with Crippen molar-refractivity contribution in [3.8, 4) is 0 Å². The van der Waals surface area contributed by atoms with E-state index in [-0.39, 0.29) is 0 Å². The Balaban J connectivity index is 2.29. The second kappa shape index (κ2) is 4.43. The summed E-state index contributed by atoms with van der Waals surface area (Å²) in [6.45, 7) is 8.78. The molecule has 0 bridgehead atoms. The minimum absolute atomic E-state index is 0.556. The van der Waals surface area contributed by atoms with Crippen LogP contribution in [0, 0.1) is 11.3 Å². The smallest absolute Gasteiger partial charge is 0.0493 e. The van der Waals surface area contributed by atoms with E-state index in [1.165, 1.54) is 12.8 Å². The van der Waals surface area contributed by atoms with Gasteiger partial charge in [0.1, 0.15) is 0 Å². The molecule has 0 amide bonds. The molecule has 1 fully saturated rings. The second-order valence-electron chi connectivity index (χ2n) is 4.75. The van der Waals surface area contributed by atoms with Crippen LogP contribution in [0.5, 0.6) is 0 Å². The largest absolute Gasteiger partial charge is 0.384 e. The van der Waals surface area contributed by atoms with E-state index in [4.69, 9.17) is 4.74 Å². The van der Waals surface area contributed by atoms with Crippen molar-refractivity contribution in [1.82, 2.24) is 5.32 Å². The van der Waals surface area contributed by atoms with Crippen molar-refractivity contribution in [3.05, 3.63) is 0 Å². The molecule has 0 heterocycles. The highest BCUT2D eigenvalue weighted by atomic mass is 16.5. The van der Waals surface area contributed by atoms with E-state index >= 15 is 0 Å². The van der Waals surface area contributed by atoms with Crippen LogP contribution in [0.25, 0.3) is 0 Å². The third-order valence-corrected chi connectivity index (χ3v) is 3.22. The highest BCUT2D eigenvalue weighted by molar-refractivity contribution is 4.98. The third kappa shape index (κ3) is 2.96. The maximum atomic E-state index is 5.21. The van der Waals surface area contributed by atoms with Crippen molar-refractivity contribution < 1.29 is 4.74 Å². The summed E-state index contributed by atoms with van der Waals surface area (Å²) >= 11 is 0. The number of ether oxygens (including phenoxy) is 1. The predicted octanol–water partition coefficient (Wildman–Crippen LogP) is 2.05. The van der Waals surface area contributed by atoms with Gasteiger partial charge in [0, 0.05) is 26.3 Å². The molecule has 0 saturated heterocycles. The minimum atomic E-state index is 0.556. The molecular weight excluding hydrogens is 162 g/mol. The number of rotatable bonds is 6. The van der Waals surface area contributed by atoms with E-state index < -0.39 is 0 Å². The molecule has 1 rings (SSSR count). The van der Waals surface area contributed by atoms with Crippen LogP contribution >= 0.6 is 0 Å². The maximum Gasteiger partial charge on any atom is 0.0493 e. The van der Waals surface area contributed by atoms with E-state index in [0.29, 0.717) is 17.4 Å². The van der Waals surface area contributed by atoms with Gasteiger partial charge in [0.15, 0.2) is 0 Å². The topological polar surface area (TPSA) is 21.3 Å². The normalized spacial score (nSPS) is 21.9. The molecule has 1 saturated carbocycles. The van der Waals surface area contributed by atoms with Crippen molar-refractivity contribution >= 4 is 0 Å². The Morgan fingerprint density at radius 2 is 1.92 bits per heavy atom. The molecule has 13 heavy (non-hydrogen) atoms. The predicted molar refractivity (Wildman–Crippen MR) is 55.8 cm³/mol. The van der Waals surface area contributed by atoms with E-state index in [9.17, 15) is 0 Å². The Bertz CT molecular complexity index is 152. The lowest BCUT2D eigenvalue weighted by molar-refractivity contribution is 0.119. The van der Waals surface area contributed by atoms with Crippen LogP contribution in [0.4, 0.5) is 0 Å². The highest BCUT2D eigenvalue weighted by Gasteiger charge is 2.46. The van der Waals surface area contributed by atoms with Crippen LogP contribution < -0.4 is 5.32 Å². The fourth-order valence-electron chi connectivity index (χ4n) is 1.84. The molecular formula is C11H23NO. The molecule has 1 aliphatic carbocycles. The van der Waals surface area contributed by atoms with Crippen LogP contribution in [0.15, 0.2) is 0 Å². The molecule has 0 spiro atoms. The van der Waals surface area contributed by atoms with Gasteiger partial charge in [-0.1, -0.05) is 20.8 Å². The zero-order chi connectivity index (χ0) is 9.90. The fraction of sp³-hybridized carbons (Fsp3) is 1.00. The van der Waals surface area contributed by atoms with E-state index in [1.54, 1.807) is 7.11 Å². The van der Waals surface area contributed by atoms with Gasteiger partial charge < -0.3 is 10.1 Å². The lowest BCUT2D eigenvalue weighted by atomic mass is 9.91. The maximum absolute atomic E-state index is 5.21. The summed E-state index contributed by atoms with van der Waals surface area (Å²) in [5.74, 6) is 0.698. The number of nitrogens with one attached hydrogen (secondary N) is 1. The molecule has 1 unspecified atom stereocenters. The molecule has 1 aliphatic rings. The van der Waals surface area contributed by atoms with Gasteiger partial charge in [0.2, 0.25) is 0 Å². The van der Waals surface area contributed by atoms with Crippen LogP contribution in [-0.4, -0.2) is 26.3 Å². The summed E-state index contributed by atoms with van der Waals surface area (Å²) in [6.07, 6.45) is 2.74.